The fourth-order valence-electron chi connectivity index (χ4n) is 3.09. The molecule has 0 bridgehead atoms. The van der Waals surface area contributed by atoms with Gasteiger partial charge in [0.25, 0.3) is 0 Å². The van der Waals surface area contributed by atoms with Crippen LogP contribution in [0.2, 0.25) is 0 Å². The summed E-state index contributed by atoms with van der Waals surface area (Å²) in [5.41, 5.74) is 11.5. The van der Waals surface area contributed by atoms with E-state index in [1.54, 1.807) is 0 Å². The molecule has 0 amide bonds. The Bertz CT molecular complexity index is 488. The molecule has 164 valence electrons. The van der Waals surface area contributed by atoms with E-state index in [9.17, 15) is 19.5 Å². The van der Waals surface area contributed by atoms with Gasteiger partial charge in [-0.05, 0) is 40.0 Å². The lowest BCUT2D eigenvalue weighted by Crippen LogP contribution is -2.42. The highest BCUT2D eigenvalue weighted by atomic mass is 16.6. The zero-order chi connectivity index (χ0) is 21.7. The highest BCUT2D eigenvalue weighted by Gasteiger charge is 2.32. The summed E-state index contributed by atoms with van der Waals surface area (Å²) < 4.78 is 5.25. The molecule has 0 aliphatic heterocycles. The predicted molar refractivity (Wildman–Crippen MR) is 110 cm³/mol. The van der Waals surface area contributed by atoms with Gasteiger partial charge in [-0.2, -0.15) is 0 Å². The van der Waals surface area contributed by atoms with Gasteiger partial charge in [0.05, 0.1) is 0 Å². The smallest absolute Gasteiger partial charge is 0.315 e. The summed E-state index contributed by atoms with van der Waals surface area (Å²) in [4.78, 5) is 35.5. The molecule has 7 heteroatoms. The van der Waals surface area contributed by atoms with E-state index < -0.39 is 35.4 Å². The Balaban J connectivity index is 4.20. The molecule has 0 aliphatic rings. The van der Waals surface area contributed by atoms with Crippen molar-refractivity contribution in [2.45, 2.75) is 110 Å². The van der Waals surface area contributed by atoms with Crippen LogP contribution in [-0.2, 0) is 19.1 Å². The molecule has 0 aromatic carbocycles. The third kappa shape index (κ3) is 12.8. The molecule has 0 fully saturated rings. The van der Waals surface area contributed by atoms with Crippen LogP contribution < -0.4 is 11.5 Å². The van der Waals surface area contributed by atoms with Gasteiger partial charge in [0.1, 0.15) is 17.3 Å². The summed E-state index contributed by atoms with van der Waals surface area (Å²) >= 11 is 0. The number of rotatable bonds is 15. The van der Waals surface area contributed by atoms with E-state index in [0.717, 1.165) is 32.1 Å². The fraction of sp³-hybridized carbons (Fsp3) is 0.857. The van der Waals surface area contributed by atoms with Crippen molar-refractivity contribution in [2.75, 3.05) is 0 Å². The van der Waals surface area contributed by atoms with Crippen molar-refractivity contribution in [3.05, 3.63) is 0 Å². The van der Waals surface area contributed by atoms with Crippen LogP contribution in [0.5, 0.6) is 0 Å². The summed E-state index contributed by atoms with van der Waals surface area (Å²) in [7, 11) is 0. The quantitative estimate of drug-likeness (QED) is 0.218. The predicted octanol–water partition coefficient (Wildman–Crippen LogP) is 3.17. The minimum absolute atomic E-state index is 0.0184. The number of carbonyl (C=O) groups excluding carboxylic acids is 2. The van der Waals surface area contributed by atoms with Crippen molar-refractivity contribution < 1.29 is 24.2 Å². The van der Waals surface area contributed by atoms with E-state index in [2.05, 4.69) is 6.92 Å². The minimum Gasteiger partial charge on any atom is -0.481 e. The van der Waals surface area contributed by atoms with E-state index in [-0.39, 0.29) is 12.4 Å². The largest absolute Gasteiger partial charge is 0.481 e. The second-order valence-electron chi connectivity index (χ2n) is 8.59. The van der Waals surface area contributed by atoms with Crippen LogP contribution in [0, 0.1) is 5.92 Å². The summed E-state index contributed by atoms with van der Waals surface area (Å²) in [6.07, 6.45) is 6.59. The van der Waals surface area contributed by atoms with Crippen LogP contribution in [0.1, 0.15) is 91.9 Å². The second-order valence-corrected chi connectivity index (χ2v) is 8.59. The standard InChI is InChI=1S/C21H40N2O5/c1-5-6-8-12-16(23)19(20(26)27)17(24)14-15(22)11-9-7-10-13-18(25)28-21(2,3)4/h15-16,19H,5-14,22-23H2,1-4H3,(H,26,27)/t15-,16-,19?/m0/s1. The van der Waals surface area contributed by atoms with Gasteiger partial charge in [0, 0.05) is 24.9 Å². The lowest BCUT2D eigenvalue weighted by atomic mass is 9.88. The molecule has 0 saturated carbocycles. The van der Waals surface area contributed by atoms with E-state index >= 15 is 0 Å². The summed E-state index contributed by atoms with van der Waals surface area (Å²) in [5, 5.41) is 9.38. The summed E-state index contributed by atoms with van der Waals surface area (Å²) in [6.45, 7) is 7.56. The topological polar surface area (TPSA) is 133 Å². The van der Waals surface area contributed by atoms with Crippen molar-refractivity contribution in [2.24, 2.45) is 17.4 Å². The lowest BCUT2D eigenvalue weighted by molar-refractivity contribution is -0.155. The SMILES string of the molecule is CCCCC[C@H](N)C(C(=O)O)C(=O)C[C@@H](N)CCCCCC(=O)OC(C)(C)C. The Labute approximate surface area is 169 Å². The number of carboxylic acids is 1. The summed E-state index contributed by atoms with van der Waals surface area (Å²) in [5.74, 6) is -2.96. The molecule has 1 unspecified atom stereocenters. The van der Waals surface area contributed by atoms with E-state index in [4.69, 9.17) is 16.2 Å². The summed E-state index contributed by atoms with van der Waals surface area (Å²) in [6, 6.07) is -1.06. The van der Waals surface area contributed by atoms with Crippen LogP contribution >= 0.6 is 0 Å². The molecule has 0 radical (unpaired) electrons. The van der Waals surface area contributed by atoms with Gasteiger partial charge in [0.15, 0.2) is 0 Å². The van der Waals surface area contributed by atoms with E-state index in [1.165, 1.54) is 0 Å². The number of hydrogen-bond donors (Lipinski definition) is 3. The van der Waals surface area contributed by atoms with Crippen LogP contribution in [0.4, 0.5) is 0 Å². The van der Waals surface area contributed by atoms with Gasteiger partial charge >= 0.3 is 11.9 Å². The Morgan fingerprint density at radius 1 is 0.964 bits per heavy atom. The number of nitrogens with two attached hydrogens (primary N) is 2. The highest BCUT2D eigenvalue weighted by molar-refractivity contribution is 5.99. The molecule has 0 aromatic heterocycles. The van der Waals surface area contributed by atoms with E-state index in [0.29, 0.717) is 25.7 Å². The van der Waals surface area contributed by atoms with Gasteiger partial charge in [0.2, 0.25) is 0 Å². The maximum atomic E-state index is 12.4. The molecule has 5 N–H and O–H groups in total. The number of unbranched alkanes of at least 4 members (excludes halogenated alkanes) is 4. The van der Waals surface area contributed by atoms with Crippen molar-refractivity contribution >= 4 is 17.7 Å². The van der Waals surface area contributed by atoms with Crippen molar-refractivity contribution in [3.63, 3.8) is 0 Å². The maximum absolute atomic E-state index is 12.4. The number of aliphatic carboxylic acids is 1. The number of carbonyl (C=O) groups is 3. The number of esters is 1. The zero-order valence-corrected chi connectivity index (χ0v) is 18.0. The lowest BCUT2D eigenvalue weighted by Gasteiger charge is -2.21. The monoisotopic (exact) mass is 400 g/mol. The van der Waals surface area contributed by atoms with Crippen molar-refractivity contribution in [3.8, 4) is 0 Å². The molecule has 0 rings (SSSR count). The average Bonchev–Trinajstić information content (AvgIpc) is 2.52. The molecule has 7 nitrogen and oxygen atoms in total. The molecular formula is C21H40N2O5. The molecular weight excluding hydrogens is 360 g/mol. The highest BCUT2D eigenvalue weighted by Crippen LogP contribution is 2.16. The molecule has 0 aliphatic carbocycles. The van der Waals surface area contributed by atoms with Crippen LogP contribution in [-0.4, -0.2) is 40.5 Å². The Kier molecular flexibility index (Phi) is 12.9. The first-order valence-electron chi connectivity index (χ1n) is 10.5. The minimum atomic E-state index is -1.19. The number of ketones is 1. The first-order chi connectivity index (χ1) is 13.0. The third-order valence-electron chi connectivity index (χ3n) is 4.52. The van der Waals surface area contributed by atoms with E-state index in [1.807, 2.05) is 20.8 Å². The van der Waals surface area contributed by atoms with Gasteiger partial charge in [-0.3, -0.25) is 14.4 Å². The first-order valence-corrected chi connectivity index (χ1v) is 10.5. The van der Waals surface area contributed by atoms with Crippen LogP contribution in [0.15, 0.2) is 0 Å². The van der Waals surface area contributed by atoms with Crippen molar-refractivity contribution in [1.29, 1.82) is 0 Å². The number of hydrogen-bond acceptors (Lipinski definition) is 6. The molecule has 3 atom stereocenters. The molecule has 0 aromatic rings. The molecule has 0 heterocycles. The van der Waals surface area contributed by atoms with Gasteiger partial charge < -0.3 is 21.3 Å². The fourth-order valence-corrected chi connectivity index (χ4v) is 3.09. The van der Waals surface area contributed by atoms with Gasteiger partial charge in [-0.25, -0.2) is 0 Å². The number of Topliss-reactive ketones (excluding diaryl/α,β-unsaturated/α-hetero) is 1. The van der Waals surface area contributed by atoms with Gasteiger partial charge in [-0.15, -0.1) is 0 Å². The Morgan fingerprint density at radius 2 is 1.57 bits per heavy atom. The normalized spacial score (nSPS) is 14.9. The number of carboxylic acid groups (broad SMARTS) is 1. The Hall–Kier alpha value is -1.47. The number of ether oxygens (including phenoxy) is 1. The molecule has 28 heavy (non-hydrogen) atoms. The average molecular weight is 401 g/mol. The maximum Gasteiger partial charge on any atom is 0.315 e. The second kappa shape index (κ2) is 13.7. The third-order valence-corrected chi connectivity index (χ3v) is 4.52. The Morgan fingerprint density at radius 3 is 2.11 bits per heavy atom. The zero-order valence-electron chi connectivity index (χ0n) is 18.0. The molecule has 0 spiro atoms. The van der Waals surface area contributed by atoms with Crippen LogP contribution in [0.25, 0.3) is 0 Å². The van der Waals surface area contributed by atoms with Crippen LogP contribution in [0.3, 0.4) is 0 Å². The molecule has 0 saturated heterocycles. The first kappa shape index (κ1) is 26.5. The van der Waals surface area contributed by atoms with Crippen molar-refractivity contribution in [1.82, 2.24) is 0 Å². The van der Waals surface area contributed by atoms with Gasteiger partial charge in [-0.1, -0.05) is 39.0 Å².